The summed E-state index contributed by atoms with van der Waals surface area (Å²) in [7, 11) is 3.22. The summed E-state index contributed by atoms with van der Waals surface area (Å²) < 4.78 is 7.12. The van der Waals surface area contributed by atoms with E-state index in [1.165, 1.54) is 16.2 Å². The van der Waals surface area contributed by atoms with Crippen molar-refractivity contribution in [2.75, 3.05) is 19.1 Å². The van der Waals surface area contributed by atoms with Crippen LogP contribution in [0.15, 0.2) is 23.0 Å². The molecule has 4 rings (SSSR count). The molecule has 0 saturated carbocycles. The number of amides is 1. The second kappa shape index (κ2) is 7.22. The molecule has 2 aromatic heterocycles. The van der Waals surface area contributed by atoms with Crippen molar-refractivity contribution >= 4 is 44.7 Å². The van der Waals surface area contributed by atoms with E-state index in [0.29, 0.717) is 43.7 Å². The summed E-state index contributed by atoms with van der Waals surface area (Å²) in [5.41, 5.74) is 1.20. The van der Waals surface area contributed by atoms with Gasteiger partial charge in [0.15, 0.2) is 0 Å². The minimum absolute atomic E-state index is 0.0458. The van der Waals surface area contributed by atoms with Gasteiger partial charge in [-0.2, -0.15) is 0 Å². The first-order valence-electron chi connectivity index (χ1n) is 9.06. The molecule has 0 atom stereocenters. The second-order valence-corrected chi connectivity index (χ2v) is 8.29. The molecule has 1 aliphatic heterocycles. The highest BCUT2D eigenvalue weighted by atomic mass is 35.5. The molecule has 0 bridgehead atoms. The molecule has 6 nitrogen and oxygen atoms in total. The van der Waals surface area contributed by atoms with Crippen LogP contribution in [0.3, 0.4) is 0 Å². The number of hydrogen-bond acceptors (Lipinski definition) is 5. The van der Waals surface area contributed by atoms with E-state index in [9.17, 15) is 9.59 Å². The van der Waals surface area contributed by atoms with Crippen molar-refractivity contribution in [3.05, 3.63) is 49.8 Å². The van der Waals surface area contributed by atoms with Crippen molar-refractivity contribution in [3.8, 4) is 5.75 Å². The summed E-state index contributed by atoms with van der Waals surface area (Å²) in [6.07, 6.45) is 2.81. The number of anilines is 1. The molecular formula is C20H20ClN3O3S. The van der Waals surface area contributed by atoms with E-state index in [-0.39, 0.29) is 11.5 Å². The largest absolute Gasteiger partial charge is 0.495 e. The highest BCUT2D eigenvalue weighted by molar-refractivity contribution is 7.20. The lowest BCUT2D eigenvalue weighted by molar-refractivity contribution is 0.0996. The quantitative estimate of drug-likeness (QED) is 0.645. The number of halogens is 1. The summed E-state index contributed by atoms with van der Waals surface area (Å²) in [4.78, 5) is 33.6. The van der Waals surface area contributed by atoms with E-state index in [1.54, 1.807) is 36.9 Å². The molecule has 1 amide bonds. The first-order valence-corrected chi connectivity index (χ1v) is 10.3. The highest BCUT2D eigenvalue weighted by Gasteiger charge is 2.26. The Bertz CT molecular complexity index is 1150. The van der Waals surface area contributed by atoms with Crippen LogP contribution >= 0.6 is 22.9 Å². The zero-order chi connectivity index (χ0) is 20.0. The standard InChI is InChI=1S/C20H20ClN3O3S/c1-11-16-18(22-15-6-4-5-9-24(15)19(16)25)28-17(11)20(26)23(2)13-10-12(21)7-8-14(13)27-3/h7-8,10H,4-6,9H2,1-3H3. The molecule has 1 aliphatic rings. The molecule has 8 heteroatoms. The van der Waals surface area contributed by atoms with Crippen LogP contribution in [0, 0.1) is 6.92 Å². The number of hydrogen-bond donors (Lipinski definition) is 0. The smallest absolute Gasteiger partial charge is 0.268 e. The molecule has 1 aromatic carbocycles. The number of rotatable bonds is 3. The van der Waals surface area contributed by atoms with Crippen LogP contribution in [0.4, 0.5) is 5.69 Å². The van der Waals surface area contributed by atoms with Gasteiger partial charge in [-0.25, -0.2) is 4.98 Å². The summed E-state index contributed by atoms with van der Waals surface area (Å²) in [5, 5.41) is 1.06. The average Bonchev–Trinajstić information content (AvgIpc) is 3.03. The van der Waals surface area contributed by atoms with Crippen LogP contribution in [0.5, 0.6) is 5.75 Å². The first kappa shape index (κ1) is 19.0. The summed E-state index contributed by atoms with van der Waals surface area (Å²) in [6, 6.07) is 5.12. The molecule has 0 spiro atoms. The van der Waals surface area contributed by atoms with E-state index in [4.69, 9.17) is 16.3 Å². The van der Waals surface area contributed by atoms with Crippen molar-refractivity contribution in [3.63, 3.8) is 0 Å². The zero-order valence-electron chi connectivity index (χ0n) is 15.9. The van der Waals surface area contributed by atoms with Crippen molar-refractivity contribution < 1.29 is 9.53 Å². The number of aromatic nitrogens is 2. The fourth-order valence-electron chi connectivity index (χ4n) is 3.62. The number of nitrogens with zero attached hydrogens (tertiary/aromatic N) is 3. The number of methoxy groups -OCH3 is 1. The van der Waals surface area contributed by atoms with E-state index >= 15 is 0 Å². The Labute approximate surface area is 171 Å². The fraction of sp³-hybridized carbons (Fsp3) is 0.350. The van der Waals surface area contributed by atoms with E-state index in [1.807, 2.05) is 6.92 Å². The van der Waals surface area contributed by atoms with Gasteiger partial charge in [-0.3, -0.25) is 14.2 Å². The van der Waals surface area contributed by atoms with Crippen molar-refractivity contribution in [2.45, 2.75) is 32.7 Å². The first-order chi connectivity index (χ1) is 13.4. The molecule has 0 saturated heterocycles. The van der Waals surface area contributed by atoms with Crippen LogP contribution in [-0.2, 0) is 13.0 Å². The van der Waals surface area contributed by atoms with Crippen molar-refractivity contribution in [1.82, 2.24) is 9.55 Å². The van der Waals surface area contributed by atoms with Gasteiger partial charge in [0, 0.05) is 25.0 Å². The monoisotopic (exact) mass is 417 g/mol. The van der Waals surface area contributed by atoms with Gasteiger partial charge in [0.05, 0.1) is 23.1 Å². The van der Waals surface area contributed by atoms with Crippen LogP contribution in [0.25, 0.3) is 10.2 Å². The van der Waals surface area contributed by atoms with Gasteiger partial charge >= 0.3 is 0 Å². The van der Waals surface area contributed by atoms with Crippen LogP contribution in [0.2, 0.25) is 5.02 Å². The van der Waals surface area contributed by atoms with Crippen LogP contribution < -0.4 is 15.2 Å². The minimum Gasteiger partial charge on any atom is -0.495 e. The zero-order valence-corrected chi connectivity index (χ0v) is 17.5. The minimum atomic E-state index is -0.219. The highest BCUT2D eigenvalue weighted by Crippen LogP contribution is 2.34. The number of ether oxygens (including phenoxy) is 1. The van der Waals surface area contributed by atoms with Gasteiger partial charge in [-0.15, -0.1) is 11.3 Å². The predicted octanol–water partition coefficient (Wildman–Crippen LogP) is 4.04. The molecule has 3 heterocycles. The Kier molecular flexibility index (Phi) is 4.89. The van der Waals surface area contributed by atoms with Gasteiger partial charge in [0.2, 0.25) is 0 Å². The lowest BCUT2D eigenvalue weighted by Crippen LogP contribution is -2.28. The lowest BCUT2D eigenvalue weighted by atomic mass is 10.1. The second-order valence-electron chi connectivity index (χ2n) is 6.86. The Balaban J connectivity index is 1.82. The van der Waals surface area contributed by atoms with E-state index in [0.717, 1.165) is 25.1 Å². The van der Waals surface area contributed by atoms with Gasteiger partial charge in [0.1, 0.15) is 16.4 Å². The van der Waals surface area contributed by atoms with E-state index < -0.39 is 0 Å². The van der Waals surface area contributed by atoms with Crippen molar-refractivity contribution in [2.24, 2.45) is 0 Å². The Morgan fingerprint density at radius 1 is 1.36 bits per heavy atom. The third-order valence-corrected chi connectivity index (χ3v) is 6.57. The number of carbonyl (C=O) groups is 1. The molecule has 3 aromatic rings. The SMILES string of the molecule is COc1ccc(Cl)cc1N(C)C(=O)c1sc2nc3n(c(=O)c2c1C)CCCC3. The normalized spacial score (nSPS) is 13.4. The number of benzene rings is 1. The maximum absolute atomic E-state index is 13.2. The Morgan fingerprint density at radius 3 is 2.89 bits per heavy atom. The molecule has 0 aliphatic carbocycles. The summed E-state index contributed by atoms with van der Waals surface area (Å²) in [5.74, 6) is 1.14. The third kappa shape index (κ3) is 2.99. The summed E-state index contributed by atoms with van der Waals surface area (Å²) in [6.45, 7) is 2.50. The predicted molar refractivity (Wildman–Crippen MR) is 112 cm³/mol. The molecule has 146 valence electrons. The van der Waals surface area contributed by atoms with Crippen LogP contribution in [0.1, 0.15) is 33.9 Å². The maximum atomic E-state index is 13.2. The van der Waals surface area contributed by atoms with Gasteiger partial charge < -0.3 is 9.64 Å². The average molecular weight is 418 g/mol. The number of thiophene rings is 1. The summed E-state index contributed by atoms with van der Waals surface area (Å²) >= 11 is 7.38. The molecule has 0 radical (unpaired) electrons. The Hall–Kier alpha value is -2.38. The Morgan fingerprint density at radius 2 is 2.14 bits per heavy atom. The fourth-order valence-corrected chi connectivity index (χ4v) is 4.96. The van der Waals surface area contributed by atoms with Gasteiger partial charge in [-0.05, 0) is 43.5 Å². The number of carbonyl (C=O) groups excluding carboxylic acids is 1. The molecule has 0 unspecified atom stereocenters. The lowest BCUT2D eigenvalue weighted by Gasteiger charge is -2.20. The molecule has 0 N–H and O–H groups in total. The maximum Gasteiger partial charge on any atom is 0.268 e. The molecular weight excluding hydrogens is 398 g/mol. The molecule has 28 heavy (non-hydrogen) atoms. The van der Waals surface area contributed by atoms with Crippen LogP contribution in [-0.4, -0.2) is 29.6 Å². The third-order valence-electron chi connectivity index (χ3n) is 5.16. The van der Waals surface area contributed by atoms with Gasteiger partial charge in [0.25, 0.3) is 11.5 Å². The van der Waals surface area contributed by atoms with E-state index in [2.05, 4.69) is 4.98 Å². The number of fused-ring (bicyclic) bond motifs is 2. The van der Waals surface area contributed by atoms with Crippen molar-refractivity contribution in [1.29, 1.82) is 0 Å². The number of aryl methyl sites for hydroxylation is 2. The van der Waals surface area contributed by atoms with Gasteiger partial charge in [-0.1, -0.05) is 11.6 Å². The molecule has 0 fully saturated rings. The topological polar surface area (TPSA) is 64.4 Å².